The summed E-state index contributed by atoms with van der Waals surface area (Å²) < 4.78 is 17.1. The van der Waals surface area contributed by atoms with Crippen molar-refractivity contribution in [2.24, 2.45) is 0 Å². The molecule has 3 aliphatic rings. The van der Waals surface area contributed by atoms with E-state index in [0.29, 0.717) is 6.10 Å². The van der Waals surface area contributed by atoms with Crippen LogP contribution in [0.25, 0.3) is 0 Å². The van der Waals surface area contributed by atoms with Crippen molar-refractivity contribution >= 4 is 0 Å². The SMILES string of the molecule is C1COC(CCN2CCC3(CC2)OCCO3)C1. The Bertz CT molecular complexity index is 234. The second-order valence-electron chi connectivity index (χ2n) is 5.37. The molecular formula is C13H23NO3. The Morgan fingerprint density at radius 1 is 1.06 bits per heavy atom. The number of hydrogen-bond acceptors (Lipinski definition) is 4. The average Bonchev–Trinajstić information content (AvgIpc) is 3.01. The zero-order chi connectivity index (χ0) is 11.6. The summed E-state index contributed by atoms with van der Waals surface area (Å²) in [6.07, 6.45) is 6.26. The van der Waals surface area contributed by atoms with Gasteiger partial charge in [0.25, 0.3) is 0 Å². The van der Waals surface area contributed by atoms with E-state index in [0.717, 1.165) is 45.8 Å². The van der Waals surface area contributed by atoms with Crippen molar-refractivity contribution in [1.29, 1.82) is 0 Å². The summed E-state index contributed by atoms with van der Waals surface area (Å²) in [5.74, 6) is -0.222. The molecule has 0 saturated carbocycles. The fourth-order valence-electron chi connectivity index (χ4n) is 3.10. The lowest BCUT2D eigenvalue weighted by Gasteiger charge is -2.37. The van der Waals surface area contributed by atoms with Crippen molar-refractivity contribution in [2.45, 2.75) is 44.0 Å². The van der Waals surface area contributed by atoms with Gasteiger partial charge in [-0.1, -0.05) is 0 Å². The van der Waals surface area contributed by atoms with Crippen molar-refractivity contribution < 1.29 is 14.2 Å². The third-order valence-electron chi connectivity index (χ3n) is 4.22. The molecule has 0 amide bonds. The molecule has 0 radical (unpaired) electrons. The third-order valence-corrected chi connectivity index (χ3v) is 4.22. The highest BCUT2D eigenvalue weighted by molar-refractivity contribution is 4.83. The lowest BCUT2D eigenvalue weighted by Crippen LogP contribution is -2.45. The molecular weight excluding hydrogens is 218 g/mol. The van der Waals surface area contributed by atoms with Crippen LogP contribution in [0.15, 0.2) is 0 Å². The molecule has 1 atom stereocenters. The van der Waals surface area contributed by atoms with Gasteiger partial charge >= 0.3 is 0 Å². The number of hydrogen-bond donors (Lipinski definition) is 0. The molecule has 3 saturated heterocycles. The van der Waals surface area contributed by atoms with Gasteiger partial charge in [-0.2, -0.15) is 0 Å². The van der Waals surface area contributed by atoms with E-state index in [-0.39, 0.29) is 5.79 Å². The van der Waals surface area contributed by atoms with Crippen LogP contribution in [0.4, 0.5) is 0 Å². The minimum Gasteiger partial charge on any atom is -0.378 e. The molecule has 1 unspecified atom stereocenters. The topological polar surface area (TPSA) is 30.9 Å². The molecule has 0 aromatic carbocycles. The molecule has 0 aromatic heterocycles. The molecule has 0 aromatic rings. The molecule has 3 heterocycles. The second-order valence-corrected chi connectivity index (χ2v) is 5.37. The summed E-state index contributed by atoms with van der Waals surface area (Å²) in [4.78, 5) is 2.53. The summed E-state index contributed by atoms with van der Waals surface area (Å²) in [6, 6.07) is 0. The zero-order valence-corrected chi connectivity index (χ0v) is 10.5. The van der Waals surface area contributed by atoms with E-state index in [9.17, 15) is 0 Å². The maximum absolute atomic E-state index is 5.73. The Labute approximate surface area is 103 Å². The molecule has 0 bridgehead atoms. The van der Waals surface area contributed by atoms with Crippen molar-refractivity contribution in [3.63, 3.8) is 0 Å². The summed E-state index contributed by atoms with van der Waals surface area (Å²) in [5.41, 5.74) is 0. The molecule has 1 spiro atoms. The number of ether oxygens (including phenoxy) is 3. The number of rotatable bonds is 3. The van der Waals surface area contributed by atoms with Gasteiger partial charge in [0.1, 0.15) is 0 Å². The molecule has 3 fully saturated rings. The summed E-state index contributed by atoms with van der Waals surface area (Å²) in [7, 11) is 0. The van der Waals surface area contributed by atoms with Crippen LogP contribution in [0.1, 0.15) is 32.1 Å². The molecule has 98 valence electrons. The molecule has 17 heavy (non-hydrogen) atoms. The van der Waals surface area contributed by atoms with Gasteiger partial charge in [-0.3, -0.25) is 0 Å². The van der Waals surface area contributed by atoms with Gasteiger partial charge in [0, 0.05) is 39.1 Å². The molecule has 4 nitrogen and oxygen atoms in total. The van der Waals surface area contributed by atoms with Gasteiger partial charge in [-0.15, -0.1) is 0 Å². The van der Waals surface area contributed by atoms with E-state index in [2.05, 4.69) is 4.90 Å². The van der Waals surface area contributed by atoms with Crippen LogP contribution in [0, 0.1) is 0 Å². The quantitative estimate of drug-likeness (QED) is 0.747. The Balaban J connectivity index is 1.39. The smallest absolute Gasteiger partial charge is 0.170 e. The number of nitrogens with zero attached hydrogens (tertiary/aromatic N) is 1. The Hall–Kier alpha value is -0.160. The minimum absolute atomic E-state index is 0.222. The monoisotopic (exact) mass is 241 g/mol. The number of piperidine rings is 1. The predicted molar refractivity (Wildman–Crippen MR) is 63.9 cm³/mol. The van der Waals surface area contributed by atoms with E-state index < -0.39 is 0 Å². The lowest BCUT2D eigenvalue weighted by molar-refractivity contribution is -0.185. The van der Waals surface area contributed by atoms with Gasteiger partial charge in [-0.05, 0) is 19.3 Å². The Morgan fingerprint density at radius 2 is 1.82 bits per heavy atom. The zero-order valence-electron chi connectivity index (χ0n) is 10.5. The predicted octanol–water partition coefficient (Wildman–Crippen LogP) is 1.39. The van der Waals surface area contributed by atoms with E-state index in [4.69, 9.17) is 14.2 Å². The van der Waals surface area contributed by atoms with Gasteiger partial charge < -0.3 is 19.1 Å². The maximum atomic E-state index is 5.73. The Morgan fingerprint density at radius 3 is 2.47 bits per heavy atom. The highest BCUT2D eigenvalue weighted by Crippen LogP contribution is 2.31. The Kier molecular flexibility index (Phi) is 3.66. The molecule has 3 aliphatic heterocycles. The first-order chi connectivity index (χ1) is 8.36. The van der Waals surface area contributed by atoms with Crippen molar-refractivity contribution in [1.82, 2.24) is 4.90 Å². The summed E-state index contributed by atoms with van der Waals surface area (Å²) in [5, 5.41) is 0. The van der Waals surface area contributed by atoms with Crippen LogP contribution in [0.2, 0.25) is 0 Å². The standard InChI is InChI=1S/C13H23NO3/c1-2-12(15-9-1)3-6-14-7-4-13(5-8-14)16-10-11-17-13/h12H,1-11H2. The summed E-state index contributed by atoms with van der Waals surface area (Å²) in [6.45, 7) is 5.89. The maximum Gasteiger partial charge on any atom is 0.170 e. The first-order valence-electron chi connectivity index (χ1n) is 6.98. The number of likely N-dealkylation sites (tertiary alicyclic amines) is 1. The van der Waals surface area contributed by atoms with Gasteiger partial charge in [0.15, 0.2) is 5.79 Å². The fraction of sp³-hybridized carbons (Fsp3) is 1.00. The van der Waals surface area contributed by atoms with Crippen LogP contribution in [0.3, 0.4) is 0 Å². The van der Waals surface area contributed by atoms with E-state index in [1.165, 1.54) is 25.8 Å². The third kappa shape index (κ3) is 2.81. The second kappa shape index (κ2) is 5.22. The van der Waals surface area contributed by atoms with E-state index >= 15 is 0 Å². The van der Waals surface area contributed by atoms with Crippen LogP contribution in [-0.2, 0) is 14.2 Å². The normalized spacial score (nSPS) is 33.5. The van der Waals surface area contributed by atoms with Crippen molar-refractivity contribution in [3.8, 4) is 0 Å². The largest absolute Gasteiger partial charge is 0.378 e. The van der Waals surface area contributed by atoms with Crippen LogP contribution >= 0.6 is 0 Å². The van der Waals surface area contributed by atoms with Crippen molar-refractivity contribution in [3.05, 3.63) is 0 Å². The minimum atomic E-state index is -0.222. The highest BCUT2D eigenvalue weighted by Gasteiger charge is 2.39. The van der Waals surface area contributed by atoms with Crippen molar-refractivity contribution in [2.75, 3.05) is 39.5 Å². The molecule has 0 N–H and O–H groups in total. The van der Waals surface area contributed by atoms with Gasteiger partial charge in [-0.25, -0.2) is 0 Å². The van der Waals surface area contributed by atoms with E-state index in [1.807, 2.05) is 0 Å². The molecule has 3 rings (SSSR count). The molecule has 4 heteroatoms. The van der Waals surface area contributed by atoms with E-state index in [1.54, 1.807) is 0 Å². The first kappa shape index (κ1) is 11.9. The van der Waals surface area contributed by atoms with Gasteiger partial charge in [0.2, 0.25) is 0 Å². The first-order valence-corrected chi connectivity index (χ1v) is 6.98. The van der Waals surface area contributed by atoms with Crippen LogP contribution < -0.4 is 0 Å². The highest BCUT2D eigenvalue weighted by atomic mass is 16.7. The lowest BCUT2D eigenvalue weighted by atomic mass is 10.0. The fourth-order valence-corrected chi connectivity index (χ4v) is 3.10. The van der Waals surface area contributed by atoms with Crippen LogP contribution in [0.5, 0.6) is 0 Å². The summed E-state index contributed by atoms with van der Waals surface area (Å²) >= 11 is 0. The van der Waals surface area contributed by atoms with Crippen LogP contribution in [-0.4, -0.2) is 56.2 Å². The molecule has 0 aliphatic carbocycles. The average molecular weight is 241 g/mol. The van der Waals surface area contributed by atoms with Gasteiger partial charge in [0.05, 0.1) is 19.3 Å².